The summed E-state index contributed by atoms with van der Waals surface area (Å²) in [7, 11) is 0. The van der Waals surface area contributed by atoms with E-state index in [1.54, 1.807) is 30.3 Å². The molecule has 0 aliphatic rings. The second kappa shape index (κ2) is 8.29. The Hall–Kier alpha value is -2.40. The summed E-state index contributed by atoms with van der Waals surface area (Å²) in [5.41, 5.74) is 0.766. The molecule has 2 rings (SSSR count). The van der Waals surface area contributed by atoms with Crippen LogP contribution >= 0.6 is 11.3 Å². The second-order valence-electron chi connectivity index (χ2n) is 5.18. The molecule has 1 atom stereocenters. The van der Waals surface area contributed by atoms with Crippen LogP contribution in [0.25, 0.3) is 6.08 Å². The molecule has 1 aromatic heterocycles. The SMILES string of the molecule is CCC(C)NC(=O)/C(=C/c1cccs1)NC(=O)c1ccccc1. The topological polar surface area (TPSA) is 58.2 Å². The molecule has 120 valence electrons. The number of rotatable bonds is 6. The van der Waals surface area contributed by atoms with Crippen LogP contribution in [0.2, 0.25) is 0 Å². The normalized spacial score (nSPS) is 12.5. The van der Waals surface area contributed by atoms with Crippen LogP contribution in [0, 0.1) is 0 Å². The number of hydrogen-bond acceptors (Lipinski definition) is 3. The molecule has 5 heteroatoms. The van der Waals surface area contributed by atoms with E-state index in [4.69, 9.17) is 0 Å². The van der Waals surface area contributed by atoms with Crippen molar-refractivity contribution < 1.29 is 9.59 Å². The molecule has 0 spiro atoms. The summed E-state index contributed by atoms with van der Waals surface area (Å²) in [6.45, 7) is 3.93. The second-order valence-corrected chi connectivity index (χ2v) is 6.16. The molecule has 2 aromatic rings. The number of thiophene rings is 1. The Morgan fingerprint density at radius 3 is 2.52 bits per heavy atom. The molecule has 0 saturated heterocycles. The monoisotopic (exact) mass is 328 g/mol. The molecule has 23 heavy (non-hydrogen) atoms. The standard InChI is InChI=1S/C18H20N2O2S/c1-3-13(2)19-18(22)16(12-15-10-7-11-23-15)20-17(21)14-8-5-4-6-9-14/h4-13H,3H2,1-2H3,(H,19,22)(H,20,21)/b16-12-. The van der Waals surface area contributed by atoms with Gasteiger partial charge in [-0.25, -0.2) is 0 Å². The van der Waals surface area contributed by atoms with E-state index in [1.807, 2.05) is 37.4 Å². The van der Waals surface area contributed by atoms with Gasteiger partial charge in [0.1, 0.15) is 5.70 Å². The zero-order valence-electron chi connectivity index (χ0n) is 13.2. The van der Waals surface area contributed by atoms with Crippen molar-refractivity contribution in [1.82, 2.24) is 10.6 Å². The van der Waals surface area contributed by atoms with E-state index in [2.05, 4.69) is 10.6 Å². The Labute approximate surface area is 140 Å². The van der Waals surface area contributed by atoms with Gasteiger partial charge in [0.2, 0.25) is 0 Å². The van der Waals surface area contributed by atoms with Crippen LogP contribution in [-0.2, 0) is 4.79 Å². The first-order chi connectivity index (χ1) is 11.1. The van der Waals surface area contributed by atoms with Crippen molar-refractivity contribution in [3.05, 3.63) is 64.0 Å². The molecule has 0 aliphatic carbocycles. The lowest BCUT2D eigenvalue weighted by Gasteiger charge is -2.14. The minimum atomic E-state index is -0.298. The summed E-state index contributed by atoms with van der Waals surface area (Å²) in [5, 5.41) is 7.52. The molecule has 0 bridgehead atoms. The van der Waals surface area contributed by atoms with Crippen molar-refractivity contribution in [1.29, 1.82) is 0 Å². The third kappa shape index (κ3) is 5.07. The number of nitrogens with one attached hydrogen (secondary N) is 2. The Kier molecular flexibility index (Phi) is 6.11. The van der Waals surface area contributed by atoms with Crippen molar-refractivity contribution in [3.63, 3.8) is 0 Å². The van der Waals surface area contributed by atoms with Gasteiger partial charge in [0.05, 0.1) is 0 Å². The zero-order chi connectivity index (χ0) is 16.7. The lowest BCUT2D eigenvalue weighted by Crippen LogP contribution is -2.38. The average molecular weight is 328 g/mol. The first kappa shape index (κ1) is 17.0. The van der Waals surface area contributed by atoms with E-state index in [1.165, 1.54) is 11.3 Å². The van der Waals surface area contributed by atoms with Gasteiger partial charge in [-0.1, -0.05) is 31.2 Å². The summed E-state index contributed by atoms with van der Waals surface area (Å²) in [6.07, 6.45) is 2.52. The first-order valence-electron chi connectivity index (χ1n) is 7.52. The van der Waals surface area contributed by atoms with Gasteiger partial charge in [-0.3, -0.25) is 9.59 Å². The van der Waals surface area contributed by atoms with E-state index in [9.17, 15) is 9.59 Å². The van der Waals surface area contributed by atoms with Gasteiger partial charge >= 0.3 is 0 Å². The average Bonchev–Trinajstić information content (AvgIpc) is 3.07. The fourth-order valence-corrected chi connectivity index (χ4v) is 2.52. The number of amides is 2. The summed E-state index contributed by atoms with van der Waals surface area (Å²) in [6, 6.07) is 12.7. The summed E-state index contributed by atoms with van der Waals surface area (Å²) < 4.78 is 0. The molecule has 0 fully saturated rings. The predicted octanol–water partition coefficient (Wildman–Crippen LogP) is 3.43. The highest BCUT2D eigenvalue weighted by molar-refractivity contribution is 7.10. The van der Waals surface area contributed by atoms with Crippen molar-refractivity contribution in [2.45, 2.75) is 26.3 Å². The van der Waals surface area contributed by atoms with Gasteiger partial charge in [-0.05, 0) is 43.0 Å². The van der Waals surface area contributed by atoms with E-state index in [0.717, 1.165) is 11.3 Å². The molecular formula is C18H20N2O2S. The van der Waals surface area contributed by atoms with Crippen LogP contribution in [0.3, 0.4) is 0 Å². The summed E-state index contributed by atoms with van der Waals surface area (Å²) in [5.74, 6) is -0.579. The van der Waals surface area contributed by atoms with Gasteiger partial charge in [0, 0.05) is 16.5 Å². The van der Waals surface area contributed by atoms with Gasteiger partial charge < -0.3 is 10.6 Å². The molecule has 2 amide bonds. The quantitative estimate of drug-likeness (QED) is 0.798. The molecule has 0 aliphatic heterocycles. The zero-order valence-corrected chi connectivity index (χ0v) is 14.0. The van der Waals surface area contributed by atoms with E-state index in [0.29, 0.717) is 5.56 Å². The molecule has 2 N–H and O–H groups in total. The van der Waals surface area contributed by atoms with Crippen LogP contribution in [0.15, 0.2) is 53.5 Å². The van der Waals surface area contributed by atoms with Crippen LogP contribution < -0.4 is 10.6 Å². The lowest BCUT2D eigenvalue weighted by atomic mass is 10.2. The predicted molar refractivity (Wildman–Crippen MR) is 94.1 cm³/mol. The lowest BCUT2D eigenvalue weighted by molar-refractivity contribution is -0.118. The summed E-state index contributed by atoms with van der Waals surface area (Å²) >= 11 is 1.51. The number of hydrogen-bond donors (Lipinski definition) is 2. The molecule has 0 radical (unpaired) electrons. The Bertz CT molecular complexity index is 678. The molecule has 0 saturated carbocycles. The van der Waals surface area contributed by atoms with Crippen LogP contribution in [-0.4, -0.2) is 17.9 Å². The minimum Gasteiger partial charge on any atom is -0.348 e. The fraction of sp³-hybridized carbons (Fsp3) is 0.222. The first-order valence-corrected chi connectivity index (χ1v) is 8.40. The van der Waals surface area contributed by atoms with Gasteiger partial charge in [-0.2, -0.15) is 0 Å². The minimum absolute atomic E-state index is 0.0443. The molecular weight excluding hydrogens is 308 g/mol. The fourth-order valence-electron chi connectivity index (χ4n) is 1.86. The molecule has 1 unspecified atom stereocenters. The van der Waals surface area contributed by atoms with E-state index in [-0.39, 0.29) is 23.6 Å². The highest BCUT2D eigenvalue weighted by Crippen LogP contribution is 2.13. The van der Waals surface area contributed by atoms with Crippen LogP contribution in [0.1, 0.15) is 35.5 Å². The highest BCUT2D eigenvalue weighted by Gasteiger charge is 2.16. The number of carbonyl (C=O) groups excluding carboxylic acids is 2. The third-order valence-corrected chi connectivity index (χ3v) is 4.17. The summed E-state index contributed by atoms with van der Waals surface area (Å²) in [4.78, 5) is 25.6. The Balaban J connectivity index is 2.20. The van der Waals surface area contributed by atoms with Crippen molar-refractivity contribution in [2.75, 3.05) is 0 Å². The van der Waals surface area contributed by atoms with E-state index < -0.39 is 0 Å². The maximum absolute atomic E-state index is 12.4. The maximum atomic E-state index is 12.4. The highest BCUT2D eigenvalue weighted by atomic mass is 32.1. The van der Waals surface area contributed by atoms with Crippen molar-refractivity contribution in [3.8, 4) is 0 Å². The van der Waals surface area contributed by atoms with Crippen LogP contribution in [0.4, 0.5) is 0 Å². The molecule has 1 heterocycles. The van der Waals surface area contributed by atoms with Crippen molar-refractivity contribution in [2.24, 2.45) is 0 Å². The van der Waals surface area contributed by atoms with Gasteiger partial charge in [0.25, 0.3) is 11.8 Å². The van der Waals surface area contributed by atoms with Crippen LogP contribution in [0.5, 0.6) is 0 Å². The van der Waals surface area contributed by atoms with Crippen molar-refractivity contribution >= 4 is 29.2 Å². The Morgan fingerprint density at radius 2 is 1.91 bits per heavy atom. The van der Waals surface area contributed by atoms with E-state index >= 15 is 0 Å². The van der Waals surface area contributed by atoms with Gasteiger partial charge in [-0.15, -0.1) is 11.3 Å². The van der Waals surface area contributed by atoms with Gasteiger partial charge in [0.15, 0.2) is 0 Å². The smallest absolute Gasteiger partial charge is 0.268 e. The number of carbonyl (C=O) groups is 2. The third-order valence-electron chi connectivity index (χ3n) is 3.35. The molecule has 4 nitrogen and oxygen atoms in total. The largest absolute Gasteiger partial charge is 0.348 e. The molecule has 1 aromatic carbocycles. The maximum Gasteiger partial charge on any atom is 0.268 e. The number of benzene rings is 1. The Morgan fingerprint density at radius 1 is 1.17 bits per heavy atom.